The van der Waals surface area contributed by atoms with Gasteiger partial charge in [0.1, 0.15) is 5.82 Å². The third-order valence-electron chi connectivity index (χ3n) is 5.26. The minimum Gasteiger partial charge on any atom is -0.478 e. The second-order valence-corrected chi connectivity index (χ2v) is 6.61. The maximum atomic E-state index is 13.7. The molecule has 1 fully saturated rings. The maximum Gasteiger partial charge on any atom is 0.338 e. The van der Waals surface area contributed by atoms with Crippen molar-refractivity contribution in [2.24, 2.45) is 5.92 Å². The van der Waals surface area contributed by atoms with E-state index in [-0.39, 0.29) is 23.5 Å². The Morgan fingerprint density at radius 1 is 1.30 bits per heavy atom. The lowest BCUT2D eigenvalue weighted by Gasteiger charge is -2.32. The monoisotopic (exact) mass is 319 g/mol. The van der Waals surface area contributed by atoms with Crippen LogP contribution >= 0.6 is 0 Å². The molecule has 0 saturated heterocycles. The fourth-order valence-electron chi connectivity index (χ4n) is 4.00. The van der Waals surface area contributed by atoms with Gasteiger partial charge in [0.15, 0.2) is 0 Å². The van der Waals surface area contributed by atoms with E-state index in [2.05, 4.69) is 6.92 Å². The Bertz CT molecular complexity index is 744. The van der Waals surface area contributed by atoms with Crippen LogP contribution in [0.2, 0.25) is 0 Å². The van der Waals surface area contributed by atoms with Crippen LogP contribution < -0.4 is 0 Å². The SMILES string of the molecule is Cc1c(C(=O)O)c2ccc(F)cc2n1[C@H](C)C1CCC(O)CC1. The zero-order valence-electron chi connectivity index (χ0n) is 13.4. The topological polar surface area (TPSA) is 62.5 Å². The van der Waals surface area contributed by atoms with E-state index in [9.17, 15) is 19.4 Å². The number of carboxylic acid groups (broad SMARTS) is 1. The van der Waals surface area contributed by atoms with Crippen LogP contribution in [0.5, 0.6) is 0 Å². The Hall–Kier alpha value is -1.88. The van der Waals surface area contributed by atoms with Gasteiger partial charge in [-0.25, -0.2) is 9.18 Å². The number of aromatic nitrogens is 1. The Kier molecular flexibility index (Phi) is 4.15. The molecular formula is C18H22FNO3. The molecule has 3 rings (SSSR count). The van der Waals surface area contributed by atoms with Crippen molar-refractivity contribution in [3.63, 3.8) is 0 Å². The predicted octanol–water partition coefficient (Wildman–Crippen LogP) is 3.90. The van der Waals surface area contributed by atoms with E-state index in [1.807, 2.05) is 4.57 Å². The Morgan fingerprint density at radius 2 is 1.96 bits per heavy atom. The van der Waals surface area contributed by atoms with Crippen LogP contribution in [-0.4, -0.2) is 26.9 Å². The summed E-state index contributed by atoms with van der Waals surface area (Å²) in [7, 11) is 0. The number of nitrogens with zero attached hydrogens (tertiary/aromatic N) is 1. The first-order valence-electron chi connectivity index (χ1n) is 8.11. The zero-order valence-corrected chi connectivity index (χ0v) is 13.4. The molecule has 23 heavy (non-hydrogen) atoms. The van der Waals surface area contributed by atoms with E-state index in [1.165, 1.54) is 12.1 Å². The second-order valence-electron chi connectivity index (χ2n) is 6.61. The van der Waals surface area contributed by atoms with E-state index in [0.29, 0.717) is 22.5 Å². The summed E-state index contributed by atoms with van der Waals surface area (Å²) in [5.41, 5.74) is 1.55. The number of benzene rings is 1. The predicted molar refractivity (Wildman–Crippen MR) is 86.3 cm³/mol. The lowest BCUT2D eigenvalue weighted by atomic mass is 9.83. The third-order valence-corrected chi connectivity index (χ3v) is 5.26. The van der Waals surface area contributed by atoms with Gasteiger partial charge in [0.25, 0.3) is 0 Å². The van der Waals surface area contributed by atoms with Crippen molar-refractivity contribution in [1.82, 2.24) is 4.57 Å². The first-order chi connectivity index (χ1) is 10.9. The van der Waals surface area contributed by atoms with Crippen molar-refractivity contribution in [3.05, 3.63) is 35.3 Å². The second kappa shape index (κ2) is 5.96. The summed E-state index contributed by atoms with van der Waals surface area (Å²) in [5.74, 6) is -0.985. The van der Waals surface area contributed by atoms with Gasteiger partial charge in [0.2, 0.25) is 0 Å². The highest BCUT2D eigenvalue weighted by Crippen LogP contribution is 2.38. The average molecular weight is 319 g/mol. The summed E-state index contributed by atoms with van der Waals surface area (Å²) in [6, 6.07) is 4.35. The van der Waals surface area contributed by atoms with Crippen molar-refractivity contribution in [3.8, 4) is 0 Å². The highest BCUT2D eigenvalue weighted by Gasteiger charge is 2.29. The Morgan fingerprint density at radius 3 is 2.57 bits per heavy atom. The Labute approximate surface area is 134 Å². The molecule has 4 nitrogen and oxygen atoms in total. The molecule has 0 amide bonds. The molecule has 1 aliphatic rings. The van der Waals surface area contributed by atoms with Gasteiger partial charge in [-0.2, -0.15) is 0 Å². The molecule has 1 aromatic heterocycles. The molecule has 1 aliphatic carbocycles. The van der Waals surface area contributed by atoms with Gasteiger partial charge >= 0.3 is 5.97 Å². The third kappa shape index (κ3) is 2.74. The van der Waals surface area contributed by atoms with Crippen molar-refractivity contribution >= 4 is 16.9 Å². The fraction of sp³-hybridized carbons (Fsp3) is 0.500. The smallest absolute Gasteiger partial charge is 0.338 e. The Balaban J connectivity index is 2.10. The highest BCUT2D eigenvalue weighted by molar-refractivity contribution is 6.05. The van der Waals surface area contributed by atoms with Crippen LogP contribution in [0.15, 0.2) is 18.2 Å². The first kappa shape index (κ1) is 16.0. The molecule has 0 bridgehead atoms. The van der Waals surface area contributed by atoms with Gasteiger partial charge in [0.05, 0.1) is 17.2 Å². The molecular weight excluding hydrogens is 297 g/mol. The van der Waals surface area contributed by atoms with Crippen LogP contribution in [0, 0.1) is 18.7 Å². The van der Waals surface area contributed by atoms with Gasteiger partial charge < -0.3 is 14.8 Å². The summed E-state index contributed by atoms with van der Waals surface area (Å²) in [6.45, 7) is 3.85. The van der Waals surface area contributed by atoms with E-state index in [1.54, 1.807) is 13.0 Å². The molecule has 0 spiro atoms. The van der Waals surface area contributed by atoms with Crippen molar-refractivity contribution < 1.29 is 19.4 Å². The molecule has 124 valence electrons. The van der Waals surface area contributed by atoms with Crippen LogP contribution in [-0.2, 0) is 0 Å². The van der Waals surface area contributed by atoms with Crippen molar-refractivity contribution in [1.29, 1.82) is 0 Å². The number of hydrogen-bond donors (Lipinski definition) is 2. The maximum absolute atomic E-state index is 13.7. The van der Waals surface area contributed by atoms with Gasteiger partial charge in [-0.05, 0) is 63.6 Å². The number of rotatable bonds is 3. The van der Waals surface area contributed by atoms with Gasteiger partial charge in [-0.3, -0.25) is 0 Å². The molecule has 1 heterocycles. The van der Waals surface area contributed by atoms with E-state index in [0.717, 1.165) is 25.7 Å². The number of fused-ring (bicyclic) bond motifs is 1. The van der Waals surface area contributed by atoms with Gasteiger partial charge in [-0.15, -0.1) is 0 Å². The summed E-state index contributed by atoms with van der Waals surface area (Å²) < 4.78 is 15.7. The number of aromatic carboxylic acids is 1. The summed E-state index contributed by atoms with van der Waals surface area (Å²) in [6.07, 6.45) is 3.12. The van der Waals surface area contributed by atoms with Crippen LogP contribution in [0.25, 0.3) is 10.9 Å². The number of carboxylic acids is 1. The quantitative estimate of drug-likeness (QED) is 0.902. The van der Waals surface area contributed by atoms with Crippen molar-refractivity contribution in [2.75, 3.05) is 0 Å². The summed E-state index contributed by atoms with van der Waals surface area (Å²) >= 11 is 0. The van der Waals surface area contributed by atoms with E-state index >= 15 is 0 Å². The largest absolute Gasteiger partial charge is 0.478 e. The molecule has 2 aromatic rings. The van der Waals surface area contributed by atoms with E-state index < -0.39 is 5.97 Å². The van der Waals surface area contributed by atoms with Crippen LogP contribution in [0.4, 0.5) is 4.39 Å². The summed E-state index contributed by atoms with van der Waals surface area (Å²) in [4.78, 5) is 11.6. The number of carbonyl (C=O) groups is 1. The molecule has 1 saturated carbocycles. The van der Waals surface area contributed by atoms with Gasteiger partial charge in [-0.1, -0.05) is 0 Å². The van der Waals surface area contributed by atoms with Crippen LogP contribution in [0.3, 0.4) is 0 Å². The summed E-state index contributed by atoms with van der Waals surface area (Å²) in [5, 5.41) is 19.8. The minimum absolute atomic E-state index is 0.0694. The number of halogens is 1. The standard InChI is InChI=1S/C18H22FNO3/c1-10(12-3-6-14(21)7-4-12)20-11(2)17(18(22)23)15-8-5-13(19)9-16(15)20/h5,8-10,12,14,21H,3-4,6-7H2,1-2H3,(H,22,23)/t10-,12?,14?/m1/s1. The van der Waals surface area contributed by atoms with Crippen molar-refractivity contribution in [2.45, 2.75) is 51.7 Å². The fourth-order valence-corrected chi connectivity index (χ4v) is 4.00. The normalized spacial score (nSPS) is 23.1. The molecule has 1 aromatic carbocycles. The molecule has 2 N–H and O–H groups in total. The molecule has 1 atom stereocenters. The zero-order chi connectivity index (χ0) is 16.7. The van der Waals surface area contributed by atoms with E-state index in [4.69, 9.17) is 0 Å². The lowest BCUT2D eigenvalue weighted by molar-refractivity contribution is 0.0697. The number of aliphatic hydroxyl groups is 1. The van der Waals surface area contributed by atoms with Gasteiger partial charge in [0, 0.05) is 17.1 Å². The van der Waals surface area contributed by atoms with Crippen LogP contribution in [0.1, 0.15) is 54.7 Å². The molecule has 0 unspecified atom stereocenters. The molecule has 0 radical (unpaired) electrons. The lowest BCUT2D eigenvalue weighted by Crippen LogP contribution is -2.25. The molecule has 5 heteroatoms. The first-order valence-corrected chi connectivity index (χ1v) is 8.11. The highest BCUT2D eigenvalue weighted by atomic mass is 19.1. The minimum atomic E-state index is -0.982. The molecule has 0 aliphatic heterocycles. The number of hydrogen-bond acceptors (Lipinski definition) is 2. The number of aliphatic hydroxyl groups excluding tert-OH is 1. The average Bonchev–Trinajstić information content (AvgIpc) is 2.78.